The fourth-order valence-corrected chi connectivity index (χ4v) is 2.17. The molecule has 0 saturated heterocycles. The van der Waals surface area contributed by atoms with Gasteiger partial charge in [0.15, 0.2) is 0 Å². The molecule has 3 aromatic rings. The van der Waals surface area contributed by atoms with Crippen LogP contribution in [-0.2, 0) is 10.0 Å². The number of aromatic amines is 1. The molecule has 20 heavy (non-hydrogen) atoms. The predicted octanol–water partition coefficient (Wildman–Crippen LogP) is 2.08. The van der Waals surface area contributed by atoms with Crippen molar-refractivity contribution in [1.29, 1.82) is 0 Å². The maximum Gasteiger partial charge on any atom is 0.238 e. The lowest BCUT2D eigenvalue weighted by Crippen LogP contribution is -2.11. The average Bonchev–Trinajstić information content (AvgIpc) is 2.87. The van der Waals surface area contributed by atoms with Gasteiger partial charge >= 0.3 is 0 Å². The predicted molar refractivity (Wildman–Crippen MR) is 80.5 cm³/mol. The molecule has 0 aliphatic carbocycles. The van der Waals surface area contributed by atoms with Gasteiger partial charge in [-0.05, 0) is 41.8 Å². The van der Waals surface area contributed by atoms with Crippen LogP contribution in [0.25, 0.3) is 10.9 Å². The monoisotopic (exact) mass is 289 g/mol. The lowest BCUT2D eigenvalue weighted by atomic mass is 10.3. The Labute approximate surface area is 117 Å². The Bertz CT molecular complexity index is 762. The quantitative estimate of drug-likeness (QED) is 0.598. The molecule has 0 bridgehead atoms. The first-order chi connectivity index (χ1) is 9.47. The fourth-order valence-electron chi connectivity index (χ4n) is 1.65. The highest BCUT2D eigenvalue weighted by Crippen LogP contribution is 2.09. The summed E-state index contributed by atoms with van der Waals surface area (Å²) in [6, 6.07) is 16.0. The molecule has 3 rings (SSSR count). The van der Waals surface area contributed by atoms with E-state index in [1.54, 1.807) is 0 Å². The van der Waals surface area contributed by atoms with Crippen molar-refractivity contribution < 1.29 is 8.42 Å². The molecule has 0 unspecified atom stereocenters. The van der Waals surface area contributed by atoms with E-state index in [1.165, 1.54) is 35.2 Å². The summed E-state index contributed by atoms with van der Waals surface area (Å²) >= 11 is 0. The Morgan fingerprint density at radius 3 is 2.15 bits per heavy atom. The van der Waals surface area contributed by atoms with Crippen LogP contribution in [0.3, 0.4) is 0 Å². The number of hydrogen-bond donors (Lipinski definition) is 3. The van der Waals surface area contributed by atoms with Gasteiger partial charge in [0.1, 0.15) is 0 Å². The zero-order valence-corrected chi connectivity index (χ0v) is 11.5. The second-order valence-corrected chi connectivity index (χ2v) is 5.74. The van der Waals surface area contributed by atoms with Crippen molar-refractivity contribution >= 4 is 26.6 Å². The normalized spacial score (nSPS) is 10.8. The second-order valence-electron chi connectivity index (χ2n) is 4.18. The maximum atomic E-state index is 10.7. The number of aromatic nitrogens is 1. The van der Waals surface area contributed by atoms with E-state index in [0.717, 1.165) is 0 Å². The molecule has 2 aromatic carbocycles. The molecule has 5 nitrogen and oxygen atoms in total. The largest absolute Gasteiger partial charge is 0.399 e. The molecular weight excluding hydrogens is 274 g/mol. The van der Waals surface area contributed by atoms with E-state index >= 15 is 0 Å². The smallest absolute Gasteiger partial charge is 0.238 e. The number of nitrogens with one attached hydrogen (secondary N) is 1. The molecule has 0 saturated carbocycles. The van der Waals surface area contributed by atoms with Crippen LogP contribution in [0.15, 0.2) is 65.7 Å². The third kappa shape index (κ3) is 3.59. The van der Waals surface area contributed by atoms with Crippen LogP contribution in [0.2, 0.25) is 0 Å². The highest BCUT2D eigenvalue weighted by atomic mass is 32.2. The van der Waals surface area contributed by atoms with E-state index in [0.29, 0.717) is 5.69 Å². The SMILES string of the molecule is Nc1ccc(S(N)(=O)=O)cc1.c1ccc2[nH]ccc2c1. The molecule has 0 radical (unpaired) electrons. The van der Waals surface area contributed by atoms with Crippen LogP contribution in [0, 0.1) is 0 Å². The van der Waals surface area contributed by atoms with Crippen molar-refractivity contribution in [2.24, 2.45) is 5.14 Å². The lowest BCUT2D eigenvalue weighted by Gasteiger charge is -1.96. The van der Waals surface area contributed by atoms with Crippen molar-refractivity contribution in [3.05, 3.63) is 60.8 Å². The molecule has 5 N–H and O–H groups in total. The van der Waals surface area contributed by atoms with Gasteiger partial charge in [-0.15, -0.1) is 0 Å². The fraction of sp³-hybridized carbons (Fsp3) is 0. The minimum atomic E-state index is -3.58. The van der Waals surface area contributed by atoms with E-state index in [-0.39, 0.29) is 4.90 Å². The van der Waals surface area contributed by atoms with Crippen LogP contribution < -0.4 is 10.9 Å². The van der Waals surface area contributed by atoms with E-state index in [9.17, 15) is 8.42 Å². The summed E-state index contributed by atoms with van der Waals surface area (Å²) in [6.45, 7) is 0. The molecule has 104 valence electrons. The Morgan fingerprint density at radius 2 is 1.55 bits per heavy atom. The van der Waals surface area contributed by atoms with Crippen LogP contribution >= 0.6 is 0 Å². The molecule has 0 fully saturated rings. The Hall–Kier alpha value is -2.31. The summed E-state index contributed by atoms with van der Waals surface area (Å²) in [4.78, 5) is 3.20. The summed E-state index contributed by atoms with van der Waals surface area (Å²) in [6.07, 6.45) is 1.95. The Kier molecular flexibility index (Phi) is 4.07. The van der Waals surface area contributed by atoms with Crippen LogP contribution in [0.5, 0.6) is 0 Å². The lowest BCUT2D eigenvalue weighted by molar-refractivity contribution is 0.598. The highest BCUT2D eigenvalue weighted by molar-refractivity contribution is 7.89. The molecule has 1 aromatic heterocycles. The minimum Gasteiger partial charge on any atom is -0.399 e. The molecule has 0 atom stereocenters. The Morgan fingerprint density at radius 1 is 0.900 bits per heavy atom. The third-order valence-electron chi connectivity index (χ3n) is 2.67. The van der Waals surface area contributed by atoms with Gasteiger partial charge in [-0.25, -0.2) is 13.6 Å². The van der Waals surface area contributed by atoms with Gasteiger partial charge in [-0.2, -0.15) is 0 Å². The number of rotatable bonds is 1. The van der Waals surface area contributed by atoms with E-state index < -0.39 is 10.0 Å². The van der Waals surface area contributed by atoms with Gasteiger partial charge in [0.2, 0.25) is 10.0 Å². The molecule has 0 aliphatic rings. The summed E-state index contributed by atoms with van der Waals surface area (Å²) in [7, 11) is -3.58. The number of hydrogen-bond acceptors (Lipinski definition) is 3. The summed E-state index contributed by atoms with van der Waals surface area (Å²) in [5, 5.41) is 6.11. The van der Waals surface area contributed by atoms with Crippen molar-refractivity contribution in [2.45, 2.75) is 4.90 Å². The van der Waals surface area contributed by atoms with Crippen molar-refractivity contribution in [1.82, 2.24) is 4.98 Å². The van der Waals surface area contributed by atoms with Crippen LogP contribution in [0.1, 0.15) is 0 Å². The number of primary sulfonamides is 1. The number of anilines is 1. The number of H-pyrrole nitrogens is 1. The van der Waals surface area contributed by atoms with Gasteiger partial charge in [0.05, 0.1) is 4.90 Å². The number of fused-ring (bicyclic) bond motifs is 1. The molecular formula is C14H15N3O2S. The van der Waals surface area contributed by atoms with E-state index in [1.807, 2.05) is 18.3 Å². The van der Waals surface area contributed by atoms with E-state index in [4.69, 9.17) is 10.9 Å². The highest BCUT2D eigenvalue weighted by Gasteiger charge is 2.04. The second kappa shape index (κ2) is 5.77. The summed E-state index contributed by atoms with van der Waals surface area (Å²) in [5.41, 5.74) is 7.05. The van der Waals surface area contributed by atoms with E-state index in [2.05, 4.69) is 23.2 Å². The topological polar surface area (TPSA) is 102 Å². The van der Waals surface area contributed by atoms with Gasteiger partial charge in [-0.1, -0.05) is 18.2 Å². The molecule has 6 heteroatoms. The van der Waals surface area contributed by atoms with Crippen LogP contribution in [-0.4, -0.2) is 13.4 Å². The first kappa shape index (κ1) is 14.1. The van der Waals surface area contributed by atoms with Crippen molar-refractivity contribution in [3.63, 3.8) is 0 Å². The average molecular weight is 289 g/mol. The third-order valence-corrected chi connectivity index (χ3v) is 3.60. The molecule has 0 spiro atoms. The molecule has 0 amide bonds. The van der Waals surface area contributed by atoms with Crippen molar-refractivity contribution in [3.8, 4) is 0 Å². The maximum absolute atomic E-state index is 10.7. The summed E-state index contributed by atoms with van der Waals surface area (Å²) < 4.78 is 21.4. The number of nitrogens with two attached hydrogens (primary N) is 2. The molecule has 1 heterocycles. The number of sulfonamides is 1. The van der Waals surface area contributed by atoms with Gasteiger partial charge in [0.25, 0.3) is 0 Å². The number of para-hydroxylation sites is 1. The number of benzene rings is 2. The molecule has 0 aliphatic heterocycles. The zero-order chi connectivity index (χ0) is 14.6. The van der Waals surface area contributed by atoms with Gasteiger partial charge < -0.3 is 10.7 Å². The minimum absolute atomic E-state index is 0.0756. The van der Waals surface area contributed by atoms with Crippen molar-refractivity contribution in [2.75, 3.05) is 5.73 Å². The first-order valence-electron chi connectivity index (χ1n) is 5.87. The zero-order valence-electron chi connectivity index (χ0n) is 10.7. The van der Waals surface area contributed by atoms with Gasteiger partial charge in [0, 0.05) is 17.4 Å². The van der Waals surface area contributed by atoms with Crippen LogP contribution in [0.4, 0.5) is 5.69 Å². The standard InChI is InChI=1S/C8H7N.C6H8N2O2S/c1-2-4-8-7(3-1)5-6-9-8;7-5-1-3-6(4-2-5)11(8,9)10/h1-6,9H;1-4H,7H2,(H2,8,9,10). The first-order valence-corrected chi connectivity index (χ1v) is 7.42. The number of nitrogen functional groups attached to an aromatic ring is 1. The van der Waals surface area contributed by atoms with Gasteiger partial charge in [-0.3, -0.25) is 0 Å². The summed E-state index contributed by atoms with van der Waals surface area (Å²) in [5.74, 6) is 0. The Balaban J connectivity index is 0.000000149.